The van der Waals surface area contributed by atoms with E-state index in [4.69, 9.17) is 0 Å². The first-order valence-corrected chi connectivity index (χ1v) is 9.27. The third kappa shape index (κ3) is 3.14. The maximum atomic E-state index is 12.5. The molecule has 6 nitrogen and oxygen atoms in total. The van der Waals surface area contributed by atoms with Gasteiger partial charge in [0, 0.05) is 19.1 Å². The smallest absolute Gasteiger partial charge is 0.260 e. The van der Waals surface area contributed by atoms with E-state index in [9.17, 15) is 8.42 Å². The summed E-state index contributed by atoms with van der Waals surface area (Å²) in [5.41, 5.74) is 0. The number of likely N-dealkylation sites (tertiary alicyclic amines) is 1. The van der Waals surface area contributed by atoms with Crippen LogP contribution in [0.15, 0.2) is 11.2 Å². The van der Waals surface area contributed by atoms with E-state index in [2.05, 4.69) is 14.9 Å². The van der Waals surface area contributed by atoms with Crippen LogP contribution in [-0.4, -0.2) is 59.8 Å². The molecule has 0 aliphatic carbocycles. The fourth-order valence-electron chi connectivity index (χ4n) is 3.40. The van der Waals surface area contributed by atoms with Crippen molar-refractivity contribution < 1.29 is 8.42 Å². The van der Waals surface area contributed by atoms with Gasteiger partial charge in [0.1, 0.15) is 5.82 Å². The molecule has 0 amide bonds. The lowest BCUT2D eigenvalue weighted by Gasteiger charge is -2.39. The highest BCUT2D eigenvalue weighted by Gasteiger charge is 2.32. The van der Waals surface area contributed by atoms with Crippen molar-refractivity contribution in [3.05, 3.63) is 12.0 Å². The number of sulfonamides is 1. The van der Waals surface area contributed by atoms with Gasteiger partial charge >= 0.3 is 0 Å². The summed E-state index contributed by atoms with van der Waals surface area (Å²) in [6.45, 7) is 5.35. The molecule has 2 saturated heterocycles. The number of piperidine rings is 2. The Balaban J connectivity index is 1.62. The number of imidazole rings is 1. The minimum atomic E-state index is -3.40. The van der Waals surface area contributed by atoms with Crippen molar-refractivity contribution in [1.82, 2.24) is 19.2 Å². The molecule has 0 saturated carbocycles. The average Bonchev–Trinajstić information content (AvgIpc) is 2.96. The molecular weight excluding hydrogens is 288 g/mol. The summed E-state index contributed by atoms with van der Waals surface area (Å²) < 4.78 is 26.6. The molecule has 1 N–H and O–H groups in total. The van der Waals surface area contributed by atoms with E-state index in [0.717, 1.165) is 12.8 Å². The third-order valence-corrected chi connectivity index (χ3v) is 6.44. The van der Waals surface area contributed by atoms with E-state index >= 15 is 0 Å². The topological polar surface area (TPSA) is 69.3 Å². The molecule has 0 aromatic carbocycles. The standard InChI is InChI=1S/C14H24N4O2S/c1-12-15-11-14(16-12)21(19,20)18-9-5-13(6-10-18)17-7-3-2-4-8-17/h11,13H,2-10H2,1H3,(H,15,16). The van der Waals surface area contributed by atoms with Crippen LogP contribution in [0.25, 0.3) is 0 Å². The first-order chi connectivity index (χ1) is 10.1. The van der Waals surface area contributed by atoms with Crippen molar-refractivity contribution in [1.29, 1.82) is 0 Å². The molecular formula is C14H24N4O2S. The summed E-state index contributed by atoms with van der Waals surface area (Å²) in [6.07, 6.45) is 7.20. The number of H-pyrrole nitrogens is 1. The van der Waals surface area contributed by atoms with Crippen LogP contribution in [0.2, 0.25) is 0 Å². The van der Waals surface area contributed by atoms with Crippen LogP contribution in [0.3, 0.4) is 0 Å². The van der Waals surface area contributed by atoms with Crippen molar-refractivity contribution in [3.8, 4) is 0 Å². The van der Waals surface area contributed by atoms with Crippen molar-refractivity contribution in [2.24, 2.45) is 0 Å². The molecule has 1 aromatic heterocycles. The second kappa shape index (κ2) is 6.06. The van der Waals surface area contributed by atoms with Gasteiger partial charge in [0.2, 0.25) is 0 Å². The van der Waals surface area contributed by atoms with Gasteiger partial charge in [0.15, 0.2) is 5.03 Å². The SMILES string of the molecule is Cc1ncc(S(=O)(=O)N2CCC(N3CCCCC3)CC2)[nH]1. The van der Waals surface area contributed by atoms with E-state index < -0.39 is 10.0 Å². The Morgan fingerprint density at radius 3 is 2.38 bits per heavy atom. The first-order valence-electron chi connectivity index (χ1n) is 7.83. The summed E-state index contributed by atoms with van der Waals surface area (Å²) >= 11 is 0. The molecule has 2 aliphatic heterocycles. The Kier molecular flexibility index (Phi) is 4.33. The van der Waals surface area contributed by atoms with Crippen LogP contribution in [0, 0.1) is 6.92 Å². The zero-order chi connectivity index (χ0) is 14.9. The molecule has 118 valence electrons. The quantitative estimate of drug-likeness (QED) is 0.915. The number of aryl methyl sites for hydroxylation is 1. The van der Waals surface area contributed by atoms with Crippen LogP contribution < -0.4 is 0 Å². The molecule has 21 heavy (non-hydrogen) atoms. The fraction of sp³-hybridized carbons (Fsp3) is 0.786. The van der Waals surface area contributed by atoms with Gasteiger partial charge in [-0.25, -0.2) is 13.4 Å². The lowest BCUT2D eigenvalue weighted by Crippen LogP contribution is -2.48. The molecule has 3 heterocycles. The van der Waals surface area contributed by atoms with Crippen LogP contribution in [0.5, 0.6) is 0 Å². The highest BCUT2D eigenvalue weighted by atomic mass is 32.2. The van der Waals surface area contributed by atoms with Crippen LogP contribution >= 0.6 is 0 Å². The van der Waals surface area contributed by atoms with E-state index in [0.29, 0.717) is 25.0 Å². The molecule has 0 unspecified atom stereocenters. The normalized spacial score (nSPS) is 23.5. The monoisotopic (exact) mass is 312 g/mol. The largest absolute Gasteiger partial charge is 0.332 e. The van der Waals surface area contributed by atoms with Crippen LogP contribution in [0.4, 0.5) is 0 Å². The Morgan fingerprint density at radius 1 is 1.14 bits per heavy atom. The van der Waals surface area contributed by atoms with E-state index in [1.807, 2.05) is 0 Å². The molecule has 1 aromatic rings. The van der Waals surface area contributed by atoms with Gasteiger partial charge in [-0.05, 0) is 45.7 Å². The number of rotatable bonds is 3. The Bertz CT molecular complexity index is 570. The fourth-order valence-corrected chi connectivity index (χ4v) is 4.83. The third-order valence-electron chi connectivity index (χ3n) is 4.63. The van der Waals surface area contributed by atoms with Gasteiger partial charge in [-0.3, -0.25) is 0 Å². The molecule has 0 radical (unpaired) electrons. The predicted molar refractivity (Wildman–Crippen MR) is 80.5 cm³/mol. The molecule has 0 spiro atoms. The minimum absolute atomic E-state index is 0.219. The Morgan fingerprint density at radius 2 is 1.81 bits per heavy atom. The minimum Gasteiger partial charge on any atom is -0.332 e. The highest BCUT2D eigenvalue weighted by Crippen LogP contribution is 2.24. The molecule has 2 aliphatic rings. The number of aromatic nitrogens is 2. The summed E-state index contributed by atoms with van der Waals surface area (Å²) in [5, 5.41) is 0.219. The number of hydrogen-bond acceptors (Lipinski definition) is 4. The molecule has 3 rings (SSSR count). The van der Waals surface area contributed by atoms with Gasteiger partial charge in [-0.15, -0.1) is 0 Å². The summed E-state index contributed by atoms with van der Waals surface area (Å²) in [7, 11) is -3.40. The van der Waals surface area contributed by atoms with Crippen molar-refractivity contribution in [2.75, 3.05) is 26.2 Å². The van der Waals surface area contributed by atoms with Gasteiger partial charge in [0.25, 0.3) is 10.0 Å². The average molecular weight is 312 g/mol. The van der Waals surface area contributed by atoms with Gasteiger partial charge < -0.3 is 9.88 Å². The summed E-state index contributed by atoms with van der Waals surface area (Å²) in [5.74, 6) is 0.636. The van der Waals surface area contributed by atoms with Crippen molar-refractivity contribution in [3.63, 3.8) is 0 Å². The Hall–Kier alpha value is -0.920. The number of nitrogens with one attached hydrogen (secondary N) is 1. The zero-order valence-corrected chi connectivity index (χ0v) is 13.4. The van der Waals surface area contributed by atoms with Gasteiger partial charge in [0.05, 0.1) is 6.20 Å². The predicted octanol–water partition coefficient (Wildman–Crippen LogP) is 1.36. The lowest BCUT2D eigenvalue weighted by molar-refractivity contribution is 0.117. The van der Waals surface area contributed by atoms with Crippen LogP contribution in [-0.2, 0) is 10.0 Å². The highest BCUT2D eigenvalue weighted by molar-refractivity contribution is 7.89. The van der Waals surface area contributed by atoms with E-state index in [1.54, 1.807) is 11.2 Å². The second-order valence-corrected chi connectivity index (χ2v) is 7.97. The maximum Gasteiger partial charge on any atom is 0.260 e. The molecule has 2 fully saturated rings. The van der Waals surface area contributed by atoms with Gasteiger partial charge in [-0.1, -0.05) is 6.42 Å². The summed E-state index contributed by atoms with van der Waals surface area (Å²) in [6, 6.07) is 0.556. The zero-order valence-electron chi connectivity index (χ0n) is 12.6. The molecule has 0 atom stereocenters. The summed E-state index contributed by atoms with van der Waals surface area (Å²) in [4.78, 5) is 9.38. The van der Waals surface area contributed by atoms with E-state index in [1.165, 1.54) is 38.5 Å². The second-order valence-electron chi connectivity index (χ2n) is 6.06. The number of nitrogens with zero attached hydrogens (tertiary/aromatic N) is 3. The lowest BCUT2D eigenvalue weighted by atomic mass is 10.0. The number of hydrogen-bond donors (Lipinski definition) is 1. The van der Waals surface area contributed by atoms with Crippen molar-refractivity contribution in [2.45, 2.75) is 50.1 Å². The molecule has 7 heteroatoms. The first kappa shape index (κ1) is 15.0. The van der Waals surface area contributed by atoms with Crippen molar-refractivity contribution >= 4 is 10.0 Å². The van der Waals surface area contributed by atoms with Crippen LogP contribution in [0.1, 0.15) is 37.9 Å². The van der Waals surface area contributed by atoms with E-state index in [-0.39, 0.29) is 5.03 Å². The maximum absolute atomic E-state index is 12.5. The molecule has 0 bridgehead atoms. The Labute approximate surface area is 126 Å². The number of aromatic amines is 1. The van der Waals surface area contributed by atoms with Gasteiger partial charge in [-0.2, -0.15) is 4.31 Å².